The van der Waals surface area contributed by atoms with E-state index in [1.807, 2.05) is 0 Å². The number of carbonyl (C=O) groups is 2. The summed E-state index contributed by atoms with van der Waals surface area (Å²) in [5.41, 5.74) is 5.58. The van der Waals surface area contributed by atoms with Crippen LogP contribution in [0.2, 0.25) is 0 Å². The highest BCUT2D eigenvalue weighted by atomic mass is 16.4. The third kappa shape index (κ3) is 9.81. The van der Waals surface area contributed by atoms with Crippen LogP contribution in [-0.4, -0.2) is 30.1 Å². The fourth-order valence-electron chi connectivity index (χ4n) is 1.52. The van der Waals surface area contributed by atoms with E-state index in [4.69, 9.17) is 10.8 Å². The van der Waals surface area contributed by atoms with Crippen LogP contribution in [0, 0.1) is 5.41 Å². The number of nitrogens with one attached hydrogen (secondary N) is 1. The number of nitrogens with two attached hydrogens (primary N) is 1. The zero-order valence-electron chi connectivity index (χ0n) is 10.8. The van der Waals surface area contributed by atoms with Crippen molar-refractivity contribution in [1.29, 1.82) is 0 Å². The molecule has 5 heteroatoms. The molecule has 0 unspecified atom stereocenters. The van der Waals surface area contributed by atoms with Gasteiger partial charge in [-0.2, -0.15) is 0 Å². The molecule has 0 fully saturated rings. The Kier molecular flexibility index (Phi) is 7.54. The minimum absolute atomic E-state index is 0.0134. The van der Waals surface area contributed by atoms with E-state index in [0.717, 1.165) is 12.8 Å². The molecule has 0 atom stereocenters. The summed E-state index contributed by atoms with van der Waals surface area (Å²) in [6.07, 6.45) is 2.75. The summed E-state index contributed by atoms with van der Waals surface area (Å²) >= 11 is 0. The second kappa shape index (κ2) is 8.06. The molecule has 0 heterocycles. The van der Waals surface area contributed by atoms with Crippen LogP contribution >= 0.6 is 0 Å². The van der Waals surface area contributed by atoms with Gasteiger partial charge in [-0.3, -0.25) is 9.59 Å². The van der Waals surface area contributed by atoms with Crippen LogP contribution in [0.15, 0.2) is 0 Å². The summed E-state index contributed by atoms with van der Waals surface area (Å²) in [6.45, 7) is 5.25. The minimum atomic E-state index is -0.830. The summed E-state index contributed by atoms with van der Waals surface area (Å²) in [5.74, 6) is -0.844. The van der Waals surface area contributed by atoms with E-state index in [1.165, 1.54) is 0 Å². The highest BCUT2D eigenvalue weighted by molar-refractivity contribution is 5.75. The number of carboxylic acid groups (broad SMARTS) is 1. The fourth-order valence-corrected chi connectivity index (χ4v) is 1.52. The van der Waals surface area contributed by atoms with Gasteiger partial charge in [0.25, 0.3) is 0 Å². The molecular weight excluding hydrogens is 220 g/mol. The molecule has 0 aliphatic carbocycles. The van der Waals surface area contributed by atoms with Gasteiger partial charge in [0.15, 0.2) is 0 Å². The van der Waals surface area contributed by atoms with Crippen LogP contribution in [0.5, 0.6) is 0 Å². The van der Waals surface area contributed by atoms with Gasteiger partial charge in [0, 0.05) is 19.4 Å². The predicted octanol–water partition coefficient (Wildman–Crippen LogP) is 1.12. The Bertz CT molecular complexity index is 252. The van der Waals surface area contributed by atoms with Gasteiger partial charge in [0.2, 0.25) is 5.91 Å². The first kappa shape index (κ1) is 15.9. The Hall–Kier alpha value is -1.10. The van der Waals surface area contributed by atoms with Crippen molar-refractivity contribution < 1.29 is 14.7 Å². The quantitative estimate of drug-likeness (QED) is 0.530. The lowest BCUT2D eigenvalue weighted by atomic mass is 9.84. The molecule has 0 saturated heterocycles. The van der Waals surface area contributed by atoms with Gasteiger partial charge >= 0.3 is 5.97 Å². The van der Waals surface area contributed by atoms with Crippen LogP contribution in [0.3, 0.4) is 0 Å². The number of hydrogen-bond donors (Lipinski definition) is 3. The molecule has 0 aliphatic heterocycles. The molecular formula is C12H24N2O3. The SMILES string of the molecule is CC(C)(CCN)CCC(=O)NCCCC(=O)O. The van der Waals surface area contributed by atoms with Crippen molar-refractivity contribution in [3.05, 3.63) is 0 Å². The molecule has 17 heavy (non-hydrogen) atoms. The molecule has 4 N–H and O–H groups in total. The summed E-state index contributed by atoms with van der Waals surface area (Å²) in [4.78, 5) is 21.7. The maximum Gasteiger partial charge on any atom is 0.303 e. The van der Waals surface area contributed by atoms with E-state index in [2.05, 4.69) is 19.2 Å². The minimum Gasteiger partial charge on any atom is -0.481 e. The molecule has 0 bridgehead atoms. The Morgan fingerprint density at radius 2 is 1.88 bits per heavy atom. The number of aliphatic carboxylic acids is 1. The molecule has 0 spiro atoms. The highest BCUT2D eigenvalue weighted by Crippen LogP contribution is 2.25. The Labute approximate surface area is 103 Å². The third-order valence-corrected chi connectivity index (χ3v) is 2.74. The normalized spacial score (nSPS) is 11.2. The number of amides is 1. The lowest BCUT2D eigenvalue weighted by Gasteiger charge is -2.23. The first-order valence-electron chi connectivity index (χ1n) is 6.06. The predicted molar refractivity (Wildman–Crippen MR) is 66.6 cm³/mol. The van der Waals surface area contributed by atoms with Crippen LogP contribution in [0.25, 0.3) is 0 Å². The van der Waals surface area contributed by atoms with Crippen LogP contribution < -0.4 is 11.1 Å². The molecule has 5 nitrogen and oxygen atoms in total. The van der Waals surface area contributed by atoms with E-state index in [0.29, 0.717) is 25.9 Å². The van der Waals surface area contributed by atoms with E-state index in [9.17, 15) is 9.59 Å². The number of hydrogen-bond acceptors (Lipinski definition) is 3. The highest BCUT2D eigenvalue weighted by Gasteiger charge is 2.17. The summed E-state index contributed by atoms with van der Waals surface area (Å²) in [7, 11) is 0. The smallest absolute Gasteiger partial charge is 0.303 e. The maximum atomic E-state index is 11.4. The van der Waals surface area contributed by atoms with Crippen molar-refractivity contribution in [2.45, 2.75) is 46.0 Å². The number of rotatable bonds is 9. The zero-order valence-corrected chi connectivity index (χ0v) is 10.8. The summed E-state index contributed by atoms with van der Waals surface area (Å²) < 4.78 is 0. The molecule has 0 aromatic rings. The molecule has 0 rings (SSSR count). The van der Waals surface area contributed by atoms with Gasteiger partial charge in [0.1, 0.15) is 0 Å². The van der Waals surface area contributed by atoms with Crippen molar-refractivity contribution in [2.75, 3.05) is 13.1 Å². The van der Waals surface area contributed by atoms with Crippen molar-refractivity contribution in [2.24, 2.45) is 11.1 Å². The molecule has 1 amide bonds. The Morgan fingerprint density at radius 1 is 1.24 bits per heavy atom. The van der Waals surface area contributed by atoms with E-state index >= 15 is 0 Å². The van der Waals surface area contributed by atoms with E-state index < -0.39 is 5.97 Å². The van der Waals surface area contributed by atoms with Gasteiger partial charge in [-0.25, -0.2) is 0 Å². The third-order valence-electron chi connectivity index (χ3n) is 2.74. The molecule has 0 aliphatic rings. The fraction of sp³-hybridized carbons (Fsp3) is 0.833. The van der Waals surface area contributed by atoms with Crippen molar-refractivity contribution >= 4 is 11.9 Å². The molecule has 0 radical (unpaired) electrons. The lowest BCUT2D eigenvalue weighted by molar-refractivity contribution is -0.137. The first-order chi connectivity index (χ1) is 7.87. The van der Waals surface area contributed by atoms with Gasteiger partial charge < -0.3 is 16.2 Å². The number of carbonyl (C=O) groups excluding carboxylic acids is 1. The Balaban J connectivity index is 3.62. The average Bonchev–Trinajstić information content (AvgIpc) is 2.21. The van der Waals surface area contributed by atoms with Gasteiger partial charge in [-0.1, -0.05) is 13.8 Å². The van der Waals surface area contributed by atoms with Crippen molar-refractivity contribution in [1.82, 2.24) is 5.32 Å². The van der Waals surface area contributed by atoms with Crippen molar-refractivity contribution in [3.63, 3.8) is 0 Å². The number of carboxylic acids is 1. The molecule has 0 saturated carbocycles. The van der Waals surface area contributed by atoms with Gasteiger partial charge in [-0.15, -0.1) is 0 Å². The van der Waals surface area contributed by atoms with Gasteiger partial charge in [0.05, 0.1) is 0 Å². The largest absolute Gasteiger partial charge is 0.481 e. The topological polar surface area (TPSA) is 92.4 Å². The summed E-state index contributed by atoms with van der Waals surface area (Å²) in [6, 6.07) is 0. The molecule has 0 aromatic carbocycles. The molecule has 0 aromatic heterocycles. The van der Waals surface area contributed by atoms with Crippen molar-refractivity contribution in [3.8, 4) is 0 Å². The van der Waals surface area contributed by atoms with Crippen LogP contribution in [-0.2, 0) is 9.59 Å². The maximum absolute atomic E-state index is 11.4. The monoisotopic (exact) mass is 244 g/mol. The Morgan fingerprint density at radius 3 is 2.41 bits per heavy atom. The standard InChI is InChI=1S/C12H24N2O3/c1-12(2,7-8-13)6-5-10(15)14-9-3-4-11(16)17/h3-9,13H2,1-2H3,(H,14,15)(H,16,17). The first-order valence-corrected chi connectivity index (χ1v) is 6.06. The molecule has 100 valence electrons. The second-order valence-electron chi connectivity index (χ2n) is 5.05. The average molecular weight is 244 g/mol. The van der Waals surface area contributed by atoms with Crippen LogP contribution in [0.4, 0.5) is 0 Å². The van der Waals surface area contributed by atoms with Gasteiger partial charge in [-0.05, 0) is 31.2 Å². The van der Waals surface area contributed by atoms with E-state index in [-0.39, 0.29) is 17.7 Å². The van der Waals surface area contributed by atoms with Crippen LogP contribution in [0.1, 0.15) is 46.0 Å². The summed E-state index contributed by atoms with van der Waals surface area (Å²) in [5, 5.41) is 11.1. The second-order valence-corrected chi connectivity index (χ2v) is 5.05. The zero-order chi connectivity index (χ0) is 13.3. The lowest BCUT2D eigenvalue weighted by Crippen LogP contribution is -2.27. The van der Waals surface area contributed by atoms with E-state index in [1.54, 1.807) is 0 Å².